The molecule has 1 saturated heterocycles. The summed E-state index contributed by atoms with van der Waals surface area (Å²) in [6.45, 7) is 0.999. The third-order valence-corrected chi connectivity index (χ3v) is 3.31. The molecule has 2 amide bonds. The largest absolute Gasteiger partial charge is 0.355 e. The minimum absolute atomic E-state index is 0. The molecule has 1 heterocycles. The number of hydrogen-bond acceptors (Lipinski definition) is 3. The average Bonchev–Trinajstić information content (AvgIpc) is 2.58. The second kappa shape index (κ2) is 5.01. The van der Waals surface area contributed by atoms with E-state index < -0.39 is 0 Å². The molecule has 92 valence electrons. The van der Waals surface area contributed by atoms with Gasteiger partial charge in [0.1, 0.15) is 0 Å². The quantitative estimate of drug-likeness (QED) is 0.631. The van der Waals surface area contributed by atoms with Crippen LogP contribution in [0.15, 0.2) is 0 Å². The van der Waals surface area contributed by atoms with Crippen LogP contribution in [0.4, 0.5) is 0 Å². The second-order valence-corrected chi connectivity index (χ2v) is 4.64. The number of carbonyl (C=O) groups excluding carboxylic acids is 2. The van der Waals surface area contributed by atoms with Crippen molar-refractivity contribution in [2.24, 2.45) is 11.7 Å². The minimum atomic E-state index is -0.207. The van der Waals surface area contributed by atoms with E-state index in [9.17, 15) is 9.59 Å². The predicted molar refractivity (Wildman–Crippen MR) is 62.1 cm³/mol. The van der Waals surface area contributed by atoms with Crippen LogP contribution in [0.25, 0.3) is 0 Å². The molecular weight excluding hydrogens is 230 g/mol. The van der Waals surface area contributed by atoms with Crippen LogP contribution >= 0.6 is 12.4 Å². The lowest BCUT2D eigenvalue weighted by atomic mass is 9.77. The highest BCUT2D eigenvalue weighted by Crippen LogP contribution is 2.28. The van der Waals surface area contributed by atoms with Crippen LogP contribution in [0.2, 0.25) is 0 Å². The van der Waals surface area contributed by atoms with Crippen molar-refractivity contribution in [2.75, 3.05) is 13.1 Å². The Morgan fingerprint density at radius 3 is 2.69 bits per heavy atom. The van der Waals surface area contributed by atoms with E-state index in [1.165, 1.54) is 0 Å². The molecular formula is C10H18ClN3O2. The van der Waals surface area contributed by atoms with Gasteiger partial charge in [-0.3, -0.25) is 9.59 Å². The summed E-state index contributed by atoms with van der Waals surface area (Å²) in [5, 5.41) is 5.48. The van der Waals surface area contributed by atoms with Crippen LogP contribution in [0.5, 0.6) is 0 Å². The van der Waals surface area contributed by atoms with E-state index >= 15 is 0 Å². The van der Waals surface area contributed by atoms with Gasteiger partial charge < -0.3 is 16.4 Å². The summed E-state index contributed by atoms with van der Waals surface area (Å²) < 4.78 is 0. The zero-order chi connectivity index (χ0) is 10.9. The first-order valence-electron chi connectivity index (χ1n) is 5.42. The molecule has 0 aromatic heterocycles. The van der Waals surface area contributed by atoms with Crippen LogP contribution in [-0.2, 0) is 9.59 Å². The maximum atomic E-state index is 11.6. The van der Waals surface area contributed by atoms with Gasteiger partial charge in [-0.05, 0) is 19.3 Å². The molecule has 6 heteroatoms. The lowest BCUT2D eigenvalue weighted by molar-refractivity contribution is -0.126. The Morgan fingerprint density at radius 1 is 1.56 bits per heavy atom. The molecule has 2 rings (SSSR count). The van der Waals surface area contributed by atoms with Gasteiger partial charge in [0.2, 0.25) is 11.8 Å². The molecule has 0 bridgehead atoms. The Labute approximate surface area is 101 Å². The van der Waals surface area contributed by atoms with Crippen molar-refractivity contribution in [3.05, 3.63) is 0 Å². The van der Waals surface area contributed by atoms with Gasteiger partial charge in [-0.25, -0.2) is 0 Å². The van der Waals surface area contributed by atoms with Gasteiger partial charge in [0.15, 0.2) is 0 Å². The molecule has 5 nitrogen and oxygen atoms in total. The number of halogens is 1. The molecule has 0 aromatic carbocycles. The fourth-order valence-corrected chi connectivity index (χ4v) is 2.01. The van der Waals surface area contributed by atoms with Gasteiger partial charge in [-0.2, -0.15) is 0 Å². The molecule has 1 aliphatic carbocycles. The number of carbonyl (C=O) groups is 2. The summed E-state index contributed by atoms with van der Waals surface area (Å²) >= 11 is 0. The Morgan fingerprint density at radius 2 is 2.25 bits per heavy atom. The Hall–Kier alpha value is -0.810. The molecule has 0 radical (unpaired) electrons. The Kier molecular flexibility index (Phi) is 4.15. The third-order valence-electron chi connectivity index (χ3n) is 3.31. The van der Waals surface area contributed by atoms with Gasteiger partial charge in [0.05, 0.1) is 5.92 Å². The van der Waals surface area contributed by atoms with Gasteiger partial charge in [0.25, 0.3) is 0 Å². The normalized spacial score (nSPS) is 26.3. The maximum Gasteiger partial charge on any atom is 0.225 e. The van der Waals surface area contributed by atoms with Crippen LogP contribution < -0.4 is 16.4 Å². The van der Waals surface area contributed by atoms with Gasteiger partial charge in [-0.1, -0.05) is 0 Å². The number of nitrogens with two attached hydrogens (primary N) is 1. The minimum Gasteiger partial charge on any atom is -0.355 e. The molecule has 1 aliphatic heterocycles. The summed E-state index contributed by atoms with van der Waals surface area (Å²) in [5.41, 5.74) is 5.79. The molecule has 0 aromatic rings. The summed E-state index contributed by atoms with van der Waals surface area (Å²) in [6.07, 6.45) is 3.42. The number of amides is 2. The first kappa shape index (κ1) is 13.3. The average molecular weight is 248 g/mol. The number of rotatable bonds is 3. The van der Waals surface area contributed by atoms with Crippen LogP contribution in [-0.4, -0.2) is 30.4 Å². The predicted octanol–water partition coefficient (Wildman–Crippen LogP) is -0.458. The molecule has 2 aliphatic rings. The molecule has 1 unspecified atom stereocenters. The molecule has 2 fully saturated rings. The lowest BCUT2D eigenvalue weighted by Gasteiger charge is -2.38. The third kappa shape index (κ3) is 2.86. The van der Waals surface area contributed by atoms with E-state index in [1.54, 1.807) is 0 Å². The van der Waals surface area contributed by atoms with Crippen LogP contribution in [0.1, 0.15) is 25.7 Å². The van der Waals surface area contributed by atoms with E-state index in [1.807, 2.05) is 0 Å². The number of hydrogen-bond donors (Lipinski definition) is 3. The van der Waals surface area contributed by atoms with E-state index in [2.05, 4.69) is 10.6 Å². The second-order valence-electron chi connectivity index (χ2n) is 4.64. The fourth-order valence-electron chi connectivity index (χ4n) is 2.01. The highest BCUT2D eigenvalue weighted by Gasteiger charge is 2.34. The summed E-state index contributed by atoms with van der Waals surface area (Å²) in [4.78, 5) is 22.5. The van der Waals surface area contributed by atoms with Crippen molar-refractivity contribution in [1.29, 1.82) is 0 Å². The van der Waals surface area contributed by atoms with Crippen LogP contribution in [0.3, 0.4) is 0 Å². The van der Waals surface area contributed by atoms with Crippen molar-refractivity contribution >= 4 is 24.2 Å². The topological polar surface area (TPSA) is 84.2 Å². The number of nitrogens with one attached hydrogen (secondary N) is 2. The first-order valence-corrected chi connectivity index (χ1v) is 5.42. The molecule has 0 spiro atoms. The van der Waals surface area contributed by atoms with Crippen molar-refractivity contribution in [2.45, 2.75) is 31.2 Å². The molecule has 4 N–H and O–H groups in total. The van der Waals surface area contributed by atoms with Gasteiger partial charge in [-0.15, -0.1) is 12.4 Å². The molecule has 16 heavy (non-hydrogen) atoms. The zero-order valence-corrected chi connectivity index (χ0v) is 9.94. The Bertz CT molecular complexity index is 292. The fraction of sp³-hybridized carbons (Fsp3) is 0.800. The van der Waals surface area contributed by atoms with Gasteiger partial charge >= 0.3 is 0 Å². The summed E-state index contributed by atoms with van der Waals surface area (Å²) in [5.74, 6) is -0.299. The van der Waals surface area contributed by atoms with E-state index in [-0.39, 0.29) is 35.7 Å². The first-order chi connectivity index (χ1) is 7.09. The van der Waals surface area contributed by atoms with E-state index in [0.717, 1.165) is 19.3 Å². The van der Waals surface area contributed by atoms with Crippen LogP contribution in [0, 0.1) is 5.92 Å². The summed E-state index contributed by atoms with van der Waals surface area (Å²) in [6, 6.07) is 0. The highest BCUT2D eigenvalue weighted by molar-refractivity contribution is 5.89. The van der Waals surface area contributed by atoms with Gasteiger partial charge in [0, 0.05) is 25.0 Å². The summed E-state index contributed by atoms with van der Waals surface area (Å²) in [7, 11) is 0. The van der Waals surface area contributed by atoms with Crippen molar-refractivity contribution in [1.82, 2.24) is 10.6 Å². The molecule has 1 atom stereocenters. The van der Waals surface area contributed by atoms with Crippen molar-refractivity contribution in [3.8, 4) is 0 Å². The monoisotopic (exact) mass is 247 g/mol. The lowest BCUT2D eigenvalue weighted by Crippen LogP contribution is -2.55. The van der Waals surface area contributed by atoms with E-state index in [0.29, 0.717) is 19.5 Å². The zero-order valence-electron chi connectivity index (χ0n) is 9.12. The smallest absolute Gasteiger partial charge is 0.225 e. The van der Waals surface area contributed by atoms with Crippen molar-refractivity contribution in [3.63, 3.8) is 0 Å². The highest BCUT2D eigenvalue weighted by atomic mass is 35.5. The molecule has 1 saturated carbocycles. The SMILES string of the molecule is Cl.NC1(CNC(=O)C2CNC(=O)C2)CCC1. The van der Waals surface area contributed by atoms with E-state index in [4.69, 9.17) is 5.73 Å². The maximum absolute atomic E-state index is 11.6. The Balaban J connectivity index is 0.00000128. The standard InChI is InChI=1S/C10H17N3O2.ClH/c11-10(2-1-3-10)6-13-9(15)7-4-8(14)12-5-7;/h7H,1-6,11H2,(H,12,14)(H,13,15);1H. The van der Waals surface area contributed by atoms with Crippen molar-refractivity contribution < 1.29 is 9.59 Å².